The van der Waals surface area contributed by atoms with Crippen LogP contribution in [-0.2, 0) is 19.1 Å². The van der Waals surface area contributed by atoms with Gasteiger partial charge in [-0.2, -0.15) is 18.3 Å². The molecule has 1 aliphatic carbocycles. The van der Waals surface area contributed by atoms with Crippen molar-refractivity contribution in [2.45, 2.75) is 31.5 Å². The summed E-state index contributed by atoms with van der Waals surface area (Å²) in [5.74, 6) is 1.29. The Morgan fingerprint density at radius 2 is 1.90 bits per heavy atom. The van der Waals surface area contributed by atoms with Crippen molar-refractivity contribution in [2.75, 3.05) is 11.0 Å². The number of nitrogens with zero attached hydrogens (tertiary/aromatic N) is 2. The Balaban J connectivity index is 1.48. The molecule has 0 bridgehead atoms. The molecule has 1 heterocycles. The van der Waals surface area contributed by atoms with Crippen LogP contribution in [0.2, 0.25) is 0 Å². The van der Waals surface area contributed by atoms with Crippen molar-refractivity contribution in [2.24, 2.45) is 0 Å². The van der Waals surface area contributed by atoms with Crippen LogP contribution in [0.25, 0.3) is 11.3 Å². The summed E-state index contributed by atoms with van der Waals surface area (Å²) in [7, 11) is 0. The van der Waals surface area contributed by atoms with E-state index < -0.39 is 11.9 Å². The molecule has 29 heavy (non-hydrogen) atoms. The molecule has 1 aliphatic rings. The van der Waals surface area contributed by atoms with Gasteiger partial charge in [-0.15, -0.1) is 0 Å². The van der Waals surface area contributed by atoms with Gasteiger partial charge in [0, 0.05) is 9.99 Å². The molecule has 0 saturated heterocycles. The zero-order valence-electron chi connectivity index (χ0n) is 15.6. The van der Waals surface area contributed by atoms with Gasteiger partial charge in [-0.3, -0.25) is 4.68 Å². The first kappa shape index (κ1) is 20.3. The molecule has 1 aromatic heterocycles. The van der Waals surface area contributed by atoms with Gasteiger partial charge in [0.05, 0.1) is 12.2 Å². The molecule has 0 spiro atoms. The second-order valence-corrected chi connectivity index (χ2v) is 7.98. The van der Waals surface area contributed by atoms with Crippen LogP contribution in [0.3, 0.4) is 0 Å². The molecule has 4 rings (SSSR count). The molecule has 0 amide bonds. The first-order chi connectivity index (χ1) is 14.0. The zero-order valence-corrected chi connectivity index (χ0v) is 17.8. The average molecular weight is 512 g/mol. The quantitative estimate of drug-likeness (QED) is 0.294. The fourth-order valence-electron chi connectivity index (χ4n) is 3.75. The third-order valence-corrected chi connectivity index (χ3v) is 6.28. The summed E-state index contributed by atoms with van der Waals surface area (Å²) < 4.78 is 48.2. The highest BCUT2D eigenvalue weighted by Crippen LogP contribution is 2.36. The molecular formula is C22H20F3IN2O. The van der Waals surface area contributed by atoms with E-state index in [9.17, 15) is 13.2 Å². The zero-order chi connectivity index (χ0) is 20.4. The van der Waals surface area contributed by atoms with Crippen molar-refractivity contribution in [1.29, 1.82) is 0 Å². The van der Waals surface area contributed by atoms with E-state index in [2.05, 4.69) is 33.8 Å². The third-order valence-electron chi connectivity index (χ3n) is 5.21. The molecule has 0 radical (unpaired) electrons. The Bertz CT molecular complexity index is 985. The lowest BCUT2D eigenvalue weighted by Crippen LogP contribution is -2.18. The SMILES string of the molecule is FC(F)(F)c1cc(-c2ccccc2)nn1CCOc1ccc2c(c1)CC[C@H]2CI. The van der Waals surface area contributed by atoms with E-state index in [1.807, 2.05) is 18.2 Å². The number of aromatic nitrogens is 2. The van der Waals surface area contributed by atoms with Gasteiger partial charge in [0.1, 0.15) is 18.1 Å². The minimum absolute atomic E-state index is 0.0230. The molecule has 3 nitrogen and oxygen atoms in total. The van der Waals surface area contributed by atoms with Crippen LogP contribution in [0.4, 0.5) is 13.2 Å². The largest absolute Gasteiger partial charge is 0.492 e. The number of ether oxygens (including phenoxy) is 1. The van der Waals surface area contributed by atoms with Crippen molar-refractivity contribution in [3.63, 3.8) is 0 Å². The third kappa shape index (κ3) is 4.44. The Morgan fingerprint density at radius 1 is 1.10 bits per heavy atom. The van der Waals surface area contributed by atoms with Crippen LogP contribution >= 0.6 is 22.6 Å². The average Bonchev–Trinajstić information content (AvgIpc) is 3.32. The molecule has 7 heteroatoms. The maximum atomic E-state index is 13.4. The van der Waals surface area contributed by atoms with E-state index in [4.69, 9.17) is 4.74 Å². The molecule has 0 saturated carbocycles. The number of hydrogen-bond donors (Lipinski definition) is 0. The summed E-state index contributed by atoms with van der Waals surface area (Å²) in [6, 6.07) is 16.0. The highest BCUT2D eigenvalue weighted by atomic mass is 127. The number of aryl methyl sites for hydroxylation is 1. The monoisotopic (exact) mass is 512 g/mol. The fourth-order valence-corrected chi connectivity index (χ4v) is 4.66. The van der Waals surface area contributed by atoms with Crippen LogP contribution in [-0.4, -0.2) is 20.8 Å². The molecule has 0 aliphatic heterocycles. The summed E-state index contributed by atoms with van der Waals surface area (Å²) in [6.07, 6.45) is -2.30. The van der Waals surface area contributed by atoms with E-state index >= 15 is 0 Å². The lowest BCUT2D eigenvalue weighted by molar-refractivity contribution is -0.144. The minimum Gasteiger partial charge on any atom is -0.492 e. The smallest absolute Gasteiger partial charge is 0.433 e. The topological polar surface area (TPSA) is 27.1 Å². The van der Waals surface area contributed by atoms with Gasteiger partial charge in [0.15, 0.2) is 0 Å². The van der Waals surface area contributed by atoms with Crippen molar-refractivity contribution in [3.8, 4) is 17.0 Å². The second-order valence-electron chi connectivity index (χ2n) is 7.10. The highest BCUT2D eigenvalue weighted by Gasteiger charge is 2.36. The molecule has 3 aromatic rings. The van der Waals surface area contributed by atoms with Crippen LogP contribution < -0.4 is 4.74 Å². The van der Waals surface area contributed by atoms with Gasteiger partial charge in [0.2, 0.25) is 0 Å². The maximum Gasteiger partial charge on any atom is 0.433 e. The first-order valence-electron chi connectivity index (χ1n) is 9.48. The van der Waals surface area contributed by atoms with Crippen molar-refractivity contribution < 1.29 is 17.9 Å². The normalized spacial score (nSPS) is 16.1. The van der Waals surface area contributed by atoms with Crippen LogP contribution in [0, 0.1) is 0 Å². The minimum atomic E-state index is -4.47. The predicted molar refractivity (Wildman–Crippen MR) is 115 cm³/mol. The Morgan fingerprint density at radius 3 is 2.62 bits per heavy atom. The molecule has 1 atom stereocenters. The molecular weight excluding hydrogens is 492 g/mol. The summed E-state index contributed by atoms with van der Waals surface area (Å²) in [6.45, 7) is 0.141. The second kappa shape index (κ2) is 8.38. The van der Waals surface area contributed by atoms with Gasteiger partial charge >= 0.3 is 6.18 Å². The van der Waals surface area contributed by atoms with Crippen molar-refractivity contribution in [1.82, 2.24) is 9.78 Å². The first-order valence-corrected chi connectivity index (χ1v) is 11.0. The molecule has 0 fully saturated rings. The molecule has 152 valence electrons. The number of halogens is 4. The standard InChI is InChI=1S/C22H20F3IN2O/c23-22(24,25)21-13-20(15-4-2-1-3-5-15)27-28(21)10-11-29-18-8-9-19-16(12-18)6-7-17(19)14-26/h1-5,8-9,12-13,17H,6-7,10-11,14H2/t17-/m0/s1. The van der Waals surface area contributed by atoms with Crippen LogP contribution in [0.15, 0.2) is 54.6 Å². The number of hydrogen-bond acceptors (Lipinski definition) is 2. The highest BCUT2D eigenvalue weighted by molar-refractivity contribution is 14.1. The number of fused-ring (bicyclic) bond motifs is 1. The van der Waals surface area contributed by atoms with E-state index in [1.54, 1.807) is 24.3 Å². The number of benzene rings is 2. The van der Waals surface area contributed by atoms with Crippen molar-refractivity contribution >= 4 is 22.6 Å². The van der Waals surface area contributed by atoms with Gasteiger partial charge in [-0.25, -0.2) is 0 Å². The summed E-state index contributed by atoms with van der Waals surface area (Å²) >= 11 is 2.41. The van der Waals surface area contributed by atoms with Gasteiger partial charge in [-0.1, -0.05) is 59.0 Å². The lowest BCUT2D eigenvalue weighted by atomic mass is 10.0. The summed E-state index contributed by atoms with van der Waals surface area (Å²) in [5, 5.41) is 4.17. The van der Waals surface area contributed by atoms with Crippen molar-refractivity contribution in [3.05, 3.63) is 71.4 Å². The number of rotatable bonds is 6. The summed E-state index contributed by atoms with van der Waals surface area (Å²) in [5.41, 5.74) is 2.84. The maximum absolute atomic E-state index is 13.4. The predicted octanol–water partition coefficient (Wildman–Crippen LogP) is 6.11. The van der Waals surface area contributed by atoms with E-state index in [0.29, 0.717) is 22.9 Å². The van der Waals surface area contributed by atoms with E-state index in [-0.39, 0.29) is 13.2 Å². The molecule has 0 unspecified atom stereocenters. The number of alkyl halides is 4. The van der Waals surface area contributed by atoms with Gasteiger partial charge < -0.3 is 4.74 Å². The fraction of sp³-hybridized carbons (Fsp3) is 0.318. The Hall–Kier alpha value is -2.03. The Labute approximate surface area is 181 Å². The summed E-state index contributed by atoms with van der Waals surface area (Å²) in [4.78, 5) is 0. The van der Waals surface area contributed by atoms with Gasteiger partial charge in [-0.05, 0) is 48.1 Å². The van der Waals surface area contributed by atoms with Crippen LogP contribution in [0.5, 0.6) is 5.75 Å². The van der Waals surface area contributed by atoms with Gasteiger partial charge in [0.25, 0.3) is 0 Å². The van der Waals surface area contributed by atoms with E-state index in [0.717, 1.165) is 28.0 Å². The molecule has 0 N–H and O–H groups in total. The van der Waals surface area contributed by atoms with Crippen LogP contribution in [0.1, 0.15) is 29.2 Å². The lowest BCUT2D eigenvalue weighted by Gasteiger charge is -2.12. The van der Waals surface area contributed by atoms with E-state index in [1.165, 1.54) is 11.1 Å². The molecule has 2 aromatic carbocycles. The Kier molecular flexibility index (Phi) is 5.85.